The van der Waals surface area contributed by atoms with Crippen molar-refractivity contribution in [2.45, 2.75) is 48.4 Å². The number of unbranched alkanes of at least 4 members (excludes halogenated alkanes) is 2. The Bertz CT molecular complexity index is 121. The van der Waals surface area contributed by atoms with Gasteiger partial charge in [-0.05, 0) is 7.05 Å². The van der Waals surface area contributed by atoms with Crippen molar-refractivity contribution in [3.63, 3.8) is 0 Å². The van der Waals surface area contributed by atoms with Gasteiger partial charge in [0.15, 0.2) is 0 Å². The third-order valence-electron chi connectivity index (χ3n) is 2.94. The summed E-state index contributed by atoms with van der Waals surface area (Å²) in [6.45, 7) is 8.62. The van der Waals surface area contributed by atoms with E-state index >= 15 is 0 Å². The molecular weight excluding hydrogens is 305 g/mol. The summed E-state index contributed by atoms with van der Waals surface area (Å²) in [5, 5.41) is 0. The molecule has 0 saturated carbocycles. The van der Waals surface area contributed by atoms with Gasteiger partial charge in [-0.25, -0.2) is 0 Å². The summed E-state index contributed by atoms with van der Waals surface area (Å²) in [5.74, 6) is 0. The number of hydrogen-bond donors (Lipinski definition) is 0. The van der Waals surface area contributed by atoms with Crippen LogP contribution in [0.2, 0.25) is 8.87 Å². The van der Waals surface area contributed by atoms with Crippen LogP contribution in [-0.4, -0.2) is 59.4 Å². The van der Waals surface area contributed by atoms with Crippen molar-refractivity contribution in [1.29, 1.82) is 0 Å². The van der Waals surface area contributed by atoms with Crippen LogP contribution in [0.1, 0.15) is 39.5 Å². The van der Waals surface area contributed by atoms with E-state index in [1.54, 1.807) is 8.87 Å². The molecule has 98 valence electrons. The molecule has 0 aromatic rings. The van der Waals surface area contributed by atoms with Gasteiger partial charge in [0.25, 0.3) is 0 Å². The van der Waals surface area contributed by atoms with Gasteiger partial charge < -0.3 is 9.64 Å². The predicted octanol–water partition coefficient (Wildman–Crippen LogP) is 2.54. The molecule has 0 unspecified atom stereocenters. The molecule has 1 aliphatic heterocycles. The first-order chi connectivity index (χ1) is 7.81. The van der Waals surface area contributed by atoms with Crippen LogP contribution in [0.4, 0.5) is 0 Å². The maximum Gasteiger partial charge on any atom is 0.0594 e. The Morgan fingerprint density at radius 3 is 1.81 bits per heavy atom. The van der Waals surface area contributed by atoms with Gasteiger partial charge in [-0.1, -0.05) is 0 Å². The van der Waals surface area contributed by atoms with Crippen molar-refractivity contribution in [3.05, 3.63) is 0 Å². The van der Waals surface area contributed by atoms with Crippen molar-refractivity contribution < 1.29 is 4.74 Å². The first kappa shape index (κ1) is 16.7. The molecule has 0 aromatic carbocycles. The van der Waals surface area contributed by atoms with E-state index in [1.165, 1.54) is 25.7 Å². The van der Waals surface area contributed by atoms with E-state index < -0.39 is 0 Å². The van der Waals surface area contributed by atoms with E-state index in [1.807, 2.05) is 0 Å². The molecule has 1 saturated heterocycles. The number of ether oxygens (including phenoxy) is 1. The standard InChI is InChI=1S/C5H11NO.2C4H9.Sn.2H/c1-6-2-4-7-5-3-6;2*1-3-4-2;;;/h2-5H2,1H3;2*1,3-4H2,2H3;;;. The minimum Gasteiger partial charge on any atom is -0.379 e. The average Bonchev–Trinajstić information content (AvgIpc) is 2.31. The second kappa shape index (κ2) is 13.8. The first-order valence-electron chi connectivity index (χ1n) is 7.07. The number of likely N-dealkylation sites (N-methyl/N-ethyl adjacent to an activating group) is 1. The number of rotatable bonds is 6. The molecule has 1 fully saturated rings. The Kier molecular flexibility index (Phi) is 14.4. The second-order valence-electron chi connectivity index (χ2n) is 4.68. The molecular formula is C13H31NOSn. The monoisotopic (exact) mass is 337 g/mol. The summed E-state index contributed by atoms with van der Waals surface area (Å²) >= 11 is -0.159. The van der Waals surface area contributed by atoms with E-state index in [-0.39, 0.29) is 21.1 Å². The molecule has 1 rings (SSSR count). The summed E-state index contributed by atoms with van der Waals surface area (Å²) in [6, 6.07) is 0. The van der Waals surface area contributed by atoms with E-state index in [4.69, 9.17) is 4.74 Å². The smallest absolute Gasteiger partial charge is 0.0594 e. The number of nitrogens with zero attached hydrogens (tertiary/aromatic N) is 1. The summed E-state index contributed by atoms with van der Waals surface area (Å²) in [4.78, 5) is 2.27. The summed E-state index contributed by atoms with van der Waals surface area (Å²) in [5.41, 5.74) is 0. The van der Waals surface area contributed by atoms with Crippen molar-refractivity contribution in [2.24, 2.45) is 0 Å². The van der Waals surface area contributed by atoms with Gasteiger partial charge in [0.2, 0.25) is 0 Å². The van der Waals surface area contributed by atoms with Gasteiger partial charge in [-0.3, -0.25) is 0 Å². The fraction of sp³-hybridized carbons (Fsp3) is 1.00. The fourth-order valence-corrected chi connectivity index (χ4v) is 7.57. The predicted molar refractivity (Wildman–Crippen MR) is 76.3 cm³/mol. The molecule has 1 heterocycles. The quantitative estimate of drug-likeness (QED) is 0.546. The minimum atomic E-state index is -0.159. The van der Waals surface area contributed by atoms with Gasteiger partial charge >= 0.3 is 69.5 Å². The van der Waals surface area contributed by atoms with E-state index in [0.717, 1.165) is 26.3 Å². The van der Waals surface area contributed by atoms with Crippen LogP contribution < -0.4 is 0 Å². The molecule has 0 N–H and O–H groups in total. The molecule has 2 nitrogen and oxygen atoms in total. The van der Waals surface area contributed by atoms with Gasteiger partial charge in [-0.2, -0.15) is 0 Å². The Labute approximate surface area is 112 Å². The molecule has 0 aromatic heterocycles. The Morgan fingerprint density at radius 1 is 1.00 bits per heavy atom. The maximum absolute atomic E-state index is 5.10. The van der Waals surface area contributed by atoms with Crippen LogP contribution in [0, 0.1) is 0 Å². The van der Waals surface area contributed by atoms with Crippen molar-refractivity contribution in [1.82, 2.24) is 4.90 Å². The molecule has 0 radical (unpaired) electrons. The summed E-state index contributed by atoms with van der Waals surface area (Å²) in [7, 11) is 2.11. The Hall–Kier alpha value is 0.719. The van der Waals surface area contributed by atoms with Gasteiger partial charge in [0.1, 0.15) is 0 Å². The minimum absolute atomic E-state index is 0.159. The van der Waals surface area contributed by atoms with Gasteiger partial charge in [-0.15, -0.1) is 0 Å². The van der Waals surface area contributed by atoms with Gasteiger partial charge in [0.05, 0.1) is 13.2 Å². The van der Waals surface area contributed by atoms with E-state index in [0.29, 0.717) is 0 Å². The average molecular weight is 336 g/mol. The zero-order valence-corrected chi connectivity index (χ0v) is 15.7. The molecule has 1 aliphatic rings. The molecule has 0 atom stereocenters. The third kappa shape index (κ3) is 12.8. The molecule has 0 amide bonds. The van der Waals surface area contributed by atoms with Crippen LogP contribution >= 0.6 is 0 Å². The zero-order valence-electron chi connectivity index (χ0n) is 11.6. The Balaban J connectivity index is 0.000000288. The normalized spacial score (nSPS) is 16.7. The summed E-state index contributed by atoms with van der Waals surface area (Å²) in [6.07, 6.45) is 5.89. The van der Waals surface area contributed by atoms with Gasteiger partial charge in [0, 0.05) is 13.1 Å². The van der Waals surface area contributed by atoms with Crippen molar-refractivity contribution in [2.75, 3.05) is 33.4 Å². The molecule has 0 bridgehead atoms. The molecule has 0 spiro atoms. The van der Waals surface area contributed by atoms with Crippen LogP contribution in [0.15, 0.2) is 0 Å². The van der Waals surface area contributed by atoms with E-state index in [2.05, 4.69) is 25.8 Å². The summed E-state index contributed by atoms with van der Waals surface area (Å²) < 4.78 is 8.43. The second-order valence-corrected chi connectivity index (χ2v) is 10.7. The molecule has 0 aliphatic carbocycles. The fourth-order valence-electron chi connectivity index (χ4n) is 1.68. The SMILES string of the molecule is CCC[CH2][SnH2][CH2]CCC.CN1CCOCC1. The Morgan fingerprint density at radius 2 is 1.50 bits per heavy atom. The topological polar surface area (TPSA) is 12.5 Å². The van der Waals surface area contributed by atoms with Crippen LogP contribution in [0.5, 0.6) is 0 Å². The largest absolute Gasteiger partial charge is 0.379 e. The zero-order chi connectivity index (χ0) is 12.1. The van der Waals surface area contributed by atoms with Crippen LogP contribution in [0.25, 0.3) is 0 Å². The van der Waals surface area contributed by atoms with E-state index in [9.17, 15) is 0 Å². The third-order valence-corrected chi connectivity index (χ3v) is 8.65. The molecule has 16 heavy (non-hydrogen) atoms. The number of morpholine rings is 1. The van der Waals surface area contributed by atoms with Crippen molar-refractivity contribution >= 4 is 21.1 Å². The van der Waals surface area contributed by atoms with Crippen molar-refractivity contribution in [3.8, 4) is 0 Å². The number of hydrogen-bond acceptors (Lipinski definition) is 2. The maximum atomic E-state index is 5.10. The van der Waals surface area contributed by atoms with Crippen LogP contribution in [0.3, 0.4) is 0 Å². The first-order valence-corrected chi connectivity index (χ1v) is 12.8. The van der Waals surface area contributed by atoms with Crippen LogP contribution in [-0.2, 0) is 4.74 Å². The molecule has 3 heteroatoms.